The van der Waals surface area contributed by atoms with E-state index in [-0.39, 0.29) is 26.5 Å². The molecule has 7 heteroatoms. The van der Waals surface area contributed by atoms with Gasteiger partial charge >= 0.3 is 21.1 Å². The third-order valence-corrected chi connectivity index (χ3v) is 10.5. The van der Waals surface area contributed by atoms with Crippen molar-refractivity contribution in [2.45, 2.75) is 26.2 Å². The Morgan fingerprint density at radius 3 is 2.09 bits per heavy atom. The van der Waals surface area contributed by atoms with Gasteiger partial charge < -0.3 is 13.5 Å². The summed E-state index contributed by atoms with van der Waals surface area (Å²) in [4.78, 5) is 15.2. The van der Waals surface area contributed by atoms with Crippen LogP contribution in [0.4, 0.5) is 0 Å². The van der Waals surface area contributed by atoms with Gasteiger partial charge in [-0.25, -0.2) is 4.98 Å². The molecule has 54 heavy (non-hydrogen) atoms. The second kappa shape index (κ2) is 12.0. The molecule has 0 bridgehead atoms. The molecule has 0 saturated heterocycles. The molecular formula is C47H31N5OPt. The van der Waals surface area contributed by atoms with Crippen LogP contribution in [-0.4, -0.2) is 23.8 Å². The summed E-state index contributed by atoms with van der Waals surface area (Å²) >= 11 is 0. The number of imidazole rings is 1. The fourth-order valence-electron chi connectivity index (χ4n) is 8.25. The van der Waals surface area contributed by atoms with E-state index in [4.69, 9.17) is 19.7 Å². The molecule has 0 fully saturated rings. The van der Waals surface area contributed by atoms with E-state index in [0.717, 1.165) is 72.0 Å². The van der Waals surface area contributed by atoms with Crippen LogP contribution < -0.4 is 4.74 Å². The largest absolute Gasteiger partial charge is 2.00 e. The van der Waals surface area contributed by atoms with E-state index in [1.807, 2.05) is 42.7 Å². The molecular weight excluding hydrogens is 846 g/mol. The molecule has 0 atom stereocenters. The van der Waals surface area contributed by atoms with Gasteiger partial charge in [-0.05, 0) is 40.1 Å². The van der Waals surface area contributed by atoms with E-state index >= 15 is 0 Å². The summed E-state index contributed by atoms with van der Waals surface area (Å²) in [7, 11) is 0. The number of hydrogen-bond acceptors (Lipinski definition) is 4. The average molecular weight is 877 g/mol. The van der Waals surface area contributed by atoms with Gasteiger partial charge in [-0.1, -0.05) is 128 Å². The van der Waals surface area contributed by atoms with Gasteiger partial charge in [0.1, 0.15) is 5.65 Å². The van der Waals surface area contributed by atoms with Crippen LogP contribution >= 0.6 is 0 Å². The maximum Gasteiger partial charge on any atom is 2.00 e. The SMILES string of the molecule is CC(C)(C)c1ccnc2c1c1cccc3c4ccc(Oc5[c-]c6c(cc5)c5ncccc5n5c(-c7ccccc7)c(-c7ccccc7)nc65)[c-]c4n2c31.[Pt+2]. The zero-order valence-electron chi connectivity index (χ0n) is 29.7. The number of nitrogens with zero attached hydrogens (tertiary/aromatic N) is 5. The summed E-state index contributed by atoms with van der Waals surface area (Å²) in [6.07, 6.45) is 3.77. The molecule has 0 amide bonds. The number of para-hydroxylation sites is 1. The van der Waals surface area contributed by atoms with Crippen LogP contribution in [-0.2, 0) is 26.5 Å². The van der Waals surface area contributed by atoms with Crippen molar-refractivity contribution < 1.29 is 25.8 Å². The van der Waals surface area contributed by atoms with Gasteiger partial charge in [-0.2, -0.15) is 6.07 Å². The molecule has 11 rings (SSSR count). The molecule has 0 aliphatic rings. The quantitative estimate of drug-likeness (QED) is 0.131. The van der Waals surface area contributed by atoms with Gasteiger partial charge in [-0.3, -0.25) is 9.97 Å². The van der Waals surface area contributed by atoms with E-state index in [1.54, 1.807) is 0 Å². The molecule has 0 N–H and O–H groups in total. The topological polar surface area (TPSA) is 56.7 Å². The fraction of sp³-hybridized carbons (Fsp3) is 0.0851. The maximum atomic E-state index is 6.64. The molecule has 0 aliphatic heterocycles. The first-order chi connectivity index (χ1) is 25.9. The van der Waals surface area contributed by atoms with Gasteiger partial charge in [0, 0.05) is 45.7 Å². The summed E-state index contributed by atoms with van der Waals surface area (Å²) < 4.78 is 11.1. The molecule has 0 saturated carbocycles. The molecule has 6 heterocycles. The number of hydrogen-bond donors (Lipinski definition) is 0. The number of rotatable bonds is 4. The molecule has 5 aromatic carbocycles. The van der Waals surface area contributed by atoms with Gasteiger partial charge in [-0.15, -0.1) is 23.6 Å². The first kappa shape index (κ1) is 32.5. The van der Waals surface area contributed by atoms with Crippen LogP contribution in [0.5, 0.6) is 11.5 Å². The summed E-state index contributed by atoms with van der Waals surface area (Å²) in [5.74, 6) is 1.17. The Hall–Kier alpha value is -6.10. The van der Waals surface area contributed by atoms with Crippen molar-refractivity contribution in [2.75, 3.05) is 0 Å². The number of benzene rings is 5. The van der Waals surface area contributed by atoms with Crippen molar-refractivity contribution in [3.05, 3.63) is 151 Å². The van der Waals surface area contributed by atoms with E-state index < -0.39 is 0 Å². The number of ether oxygens (including phenoxy) is 1. The van der Waals surface area contributed by atoms with Crippen molar-refractivity contribution in [3.63, 3.8) is 0 Å². The Morgan fingerprint density at radius 1 is 0.593 bits per heavy atom. The number of pyridine rings is 3. The minimum absolute atomic E-state index is 0. The normalized spacial score (nSPS) is 12.2. The number of fused-ring (bicyclic) bond motifs is 12. The van der Waals surface area contributed by atoms with Crippen LogP contribution in [0.1, 0.15) is 26.3 Å². The van der Waals surface area contributed by atoms with Gasteiger partial charge in [0.05, 0.1) is 28.1 Å². The smallest absolute Gasteiger partial charge is 0.503 e. The summed E-state index contributed by atoms with van der Waals surface area (Å²) in [6.45, 7) is 6.77. The molecule has 0 unspecified atom stereocenters. The first-order valence-corrected chi connectivity index (χ1v) is 17.9. The van der Waals surface area contributed by atoms with E-state index in [1.165, 1.54) is 21.7 Å². The second-order valence-corrected chi connectivity index (χ2v) is 14.7. The van der Waals surface area contributed by atoms with Crippen LogP contribution in [0.2, 0.25) is 0 Å². The molecule has 6 nitrogen and oxygen atoms in total. The minimum Gasteiger partial charge on any atom is -0.503 e. The summed E-state index contributed by atoms with van der Waals surface area (Å²) in [5.41, 5.74) is 10.9. The number of aromatic nitrogens is 5. The Morgan fingerprint density at radius 2 is 1.31 bits per heavy atom. The van der Waals surface area contributed by atoms with Crippen molar-refractivity contribution in [2.24, 2.45) is 0 Å². The monoisotopic (exact) mass is 876 g/mol. The summed E-state index contributed by atoms with van der Waals surface area (Å²) in [5, 5.41) is 6.49. The predicted molar refractivity (Wildman–Crippen MR) is 214 cm³/mol. The standard InChI is InChI=1S/C47H31N5O.Pt/c1-47(2,3)37-23-25-49-46-40(37)35-17-10-16-34-32-21-19-31(27-39(32)52(46)44(34)35)53-30-20-22-33-36(26-30)45-50-41(28-12-6-4-7-13-28)43(29-14-8-5-9-15-29)51(45)38-18-11-24-48-42(33)38;/h4-25H,1-3H3;/q-2;+2. The second-order valence-electron chi connectivity index (χ2n) is 14.7. The van der Waals surface area contributed by atoms with Crippen molar-refractivity contribution in [3.8, 4) is 34.0 Å². The average Bonchev–Trinajstić information content (AvgIpc) is 3.86. The van der Waals surface area contributed by atoms with E-state index in [9.17, 15) is 0 Å². The Labute approximate surface area is 325 Å². The zero-order chi connectivity index (χ0) is 35.4. The Kier molecular flexibility index (Phi) is 7.21. The van der Waals surface area contributed by atoms with Gasteiger partial charge in [0.25, 0.3) is 0 Å². The fourth-order valence-corrected chi connectivity index (χ4v) is 8.25. The van der Waals surface area contributed by atoms with E-state index in [0.29, 0.717) is 11.5 Å². The molecule has 6 aromatic heterocycles. The van der Waals surface area contributed by atoms with Crippen molar-refractivity contribution >= 4 is 65.7 Å². The maximum absolute atomic E-state index is 6.64. The molecule has 11 aromatic rings. The van der Waals surface area contributed by atoms with Crippen LogP contribution in [0.15, 0.2) is 134 Å². The van der Waals surface area contributed by atoms with Crippen molar-refractivity contribution in [1.29, 1.82) is 0 Å². The summed E-state index contributed by atoms with van der Waals surface area (Å²) in [6, 6.07) is 49.0. The molecule has 0 aliphatic carbocycles. The van der Waals surface area contributed by atoms with E-state index in [2.05, 4.69) is 133 Å². The van der Waals surface area contributed by atoms with Gasteiger partial charge in [0.15, 0.2) is 0 Å². The Balaban J connectivity index is 0.00000361. The van der Waals surface area contributed by atoms with Crippen LogP contribution in [0.3, 0.4) is 0 Å². The van der Waals surface area contributed by atoms with Crippen molar-refractivity contribution in [1.82, 2.24) is 23.8 Å². The zero-order valence-corrected chi connectivity index (χ0v) is 31.9. The van der Waals surface area contributed by atoms with Crippen LogP contribution in [0, 0.1) is 12.1 Å². The molecule has 0 radical (unpaired) electrons. The predicted octanol–water partition coefficient (Wildman–Crippen LogP) is 11.6. The third kappa shape index (κ3) is 4.66. The first-order valence-electron chi connectivity index (χ1n) is 17.9. The molecule has 260 valence electrons. The Bertz CT molecular complexity index is 3230. The van der Waals surface area contributed by atoms with Gasteiger partial charge in [0.2, 0.25) is 0 Å². The van der Waals surface area contributed by atoms with Crippen LogP contribution in [0.25, 0.3) is 88.2 Å². The third-order valence-electron chi connectivity index (χ3n) is 10.5. The minimum atomic E-state index is -0.0379. The molecule has 0 spiro atoms.